The predicted octanol–water partition coefficient (Wildman–Crippen LogP) is 2.21. The Labute approximate surface area is 146 Å². The van der Waals surface area contributed by atoms with E-state index in [1.807, 2.05) is 0 Å². The molecule has 0 saturated carbocycles. The van der Waals surface area contributed by atoms with Crippen LogP contribution in [0, 0.1) is 0 Å². The van der Waals surface area contributed by atoms with Crippen LogP contribution >= 0.6 is 0 Å². The van der Waals surface area contributed by atoms with Crippen LogP contribution in [0.3, 0.4) is 0 Å². The Hall–Kier alpha value is -2.17. The van der Waals surface area contributed by atoms with E-state index in [0.29, 0.717) is 0 Å². The molecule has 4 rings (SSSR count). The molecular formula is C16H17F3N4O3. The van der Waals surface area contributed by atoms with Crippen LogP contribution in [-0.4, -0.2) is 35.2 Å². The molecule has 0 bridgehead atoms. The van der Waals surface area contributed by atoms with Crippen molar-refractivity contribution in [2.75, 3.05) is 13.1 Å². The first-order chi connectivity index (χ1) is 12.4. The number of hydrogen-bond donors (Lipinski definition) is 2. The van der Waals surface area contributed by atoms with E-state index in [2.05, 4.69) is 20.2 Å². The number of hydrogen-bond acceptors (Lipinski definition) is 7. The molecule has 2 saturated heterocycles. The Morgan fingerprint density at radius 2 is 2.08 bits per heavy atom. The Bertz CT molecular complexity index is 791. The minimum atomic E-state index is -4.82. The number of benzene rings is 1. The van der Waals surface area contributed by atoms with Crippen LogP contribution < -0.4 is 15.8 Å². The minimum absolute atomic E-state index is 0.0782. The standard InChI is InChI=1S/C16H17F3N4O3/c17-16(18,19)25-10-4-2-1-3-9(10)12(20)13-22-14(26-23-13)11-5-6-15(24-11)7-21-8-15/h1-4,11-12,21H,5-8,20H2. The Morgan fingerprint density at radius 3 is 2.73 bits per heavy atom. The van der Waals surface area contributed by atoms with Gasteiger partial charge >= 0.3 is 6.36 Å². The third-order valence-electron chi connectivity index (χ3n) is 4.64. The van der Waals surface area contributed by atoms with Crippen molar-refractivity contribution in [3.8, 4) is 5.75 Å². The summed E-state index contributed by atoms with van der Waals surface area (Å²) in [5.74, 6) is -0.0292. The third kappa shape index (κ3) is 3.27. The number of aromatic nitrogens is 2. The van der Waals surface area contributed by atoms with E-state index in [1.165, 1.54) is 18.2 Å². The van der Waals surface area contributed by atoms with E-state index in [-0.39, 0.29) is 29.0 Å². The maximum absolute atomic E-state index is 12.6. The molecule has 0 aliphatic carbocycles. The monoisotopic (exact) mass is 370 g/mol. The largest absolute Gasteiger partial charge is 0.573 e. The van der Waals surface area contributed by atoms with Crippen molar-refractivity contribution >= 4 is 0 Å². The number of nitrogens with two attached hydrogens (primary N) is 1. The summed E-state index contributed by atoms with van der Waals surface area (Å²) in [6.45, 7) is 1.57. The molecule has 1 spiro atoms. The lowest BCUT2D eigenvalue weighted by molar-refractivity contribution is -0.274. The van der Waals surface area contributed by atoms with Crippen LogP contribution in [-0.2, 0) is 4.74 Å². The number of nitrogens with zero attached hydrogens (tertiary/aromatic N) is 2. The van der Waals surface area contributed by atoms with E-state index >= 15 is 0 Å². The second-order valence-corrected chi connectivity index (χ2v) is 6.49. The molecule has 2 unspecified atom stereocenters. The molecule has 3 heterocycles. The SMILES string of the molecule is NC(c1noc(C2CCC3(CNC3)O2)n1)c1ccccc1OC(F)(F)F. The molecule has 0 radical (unpaired) electrons. The zero-order valence-electron chi connectivity index (χ0n) is 13.6. The maximum Gasteiger partial charge on any atom is 0.573 e. The molecule has 3 N–H and O–H groups in total. The van der Waals surface area contributed by atoms with Gasteiger partial charge in [-0.15, -0.1) is 13.2 Å². The summed E-state index contributed by atoms with van der Waals surface area (Å²) in [7, 11) is 0. The first-order valence-corrected chi connectivity index (χ1v) is 8.18. The van der Waals surface area contributed by atoms with Gasteiger partial charge in [0.1, 0.15) is 11.9 Å². The average Bonchev–Trinajstić information content (AvgIpc) is 3.20. The van der Waals surface area contributed by atoms with Crippen LogP contribution in [0.5, 0.6) is 5.75 Å². The van der Waals surface area contributed by atoms with Crippen LogP contribution in [0.4, 0.5) is 13.2 Å². The van der Waals surface area contributed by atoms with Crippen molar-refractivity contribution in [2.24, 2.45) is 5.73 Å². The van der Waals surface area contributed by atoms with Crippen LogP contribution in [0.2, 0.25) is 0 Å². The fourth-order valence-corrected chi connectivity index (χ4v) is 3.25. The zero-order chi connectivity index (χ0) is 18.4. The molecule has 2 aliphatic rings. The highest BCUT2D eigenvalue weighted by Gasteiger charge is 2.47. The van der Waals surface area contributed by atoms with E-state index in [1.54, 1.807) is 6.07 Å². The fraction of sp³-hybridized carbons (Fsp3) is 0.500. The van der Waals surface area contributed by atoms with E-state index in [9.17, 15) is 13.2 Å². The Morgan fingerprint density at radius 1 is 1.31 bits per heavy atom. The fourth-order valence-electron chi connectivity index (χ4n) is 3.25. The maximum atomic E-state index is 12.6. The summed E-state index contributed by atoms with van der Waals surface area (Å²) in [4.78, 5) is 4.25. The molecule has 2 atom stereocenters. The number of nitrogens with one attached hydrogen (secondary N) is 1. The van der Waals surface area contributed by atoms with Gasteiger partial charge in [0.05, 0.1) is 11.6 Å². The van der Waals surface area contributed by atoms with Crippen molar-refractivity contribution in [1.82, 2.24) is 15.5 Å². The van der Waals surface area contributed by atoms with Crippen molar-refractivity contribution in [3.05, 3.63) is 41.5 Å². The van der Waals surface area contributed by atoms with Gasteiger partial charge in [-0.1, -0.05) is 23.4 Å². The summed E-state index contributed by atoms with van der Waals surface area (Å²) in [6, 6.07) is 4.59. The van der Waals surface area contributed by atoms with Gasteiger partial charge in [0.2, 0.25) is 0 Å². The molecule has 26 heavy (non-hydrogen) atoms. The van der Waals surface area contributed by atoms with Crippen molar-refractivity contribution in [2.45, 2.75) is 37.0 Å². The Balaban J connectivity index is 1.53. The van der Waals surface area contributed by atoms with E-state index in [0.717, 1.165) is 25.9 Å². The molecule has 1 aromatic carbocycles. The van der Waals surface area contributed by atoms with Crippen LogP contribution in [0.25, 0.3) is 0 Å². The normalized spacial score (nSPS) is 23.0. The van der Waals surface area contributed by atoms with Crippen LogP contribution in [0.1, 0.15) is 42.3 Å². The van der Waals surface area contributed by atoms with Crippen molar-refractivity contribution < 1.29 is 27.2 Å². The van der Waals surface area contributed by atoms with Gasteiger partial charge in [-0.05, 0) is 18.9 Å². The average molecular weight is 370 g/mol. The molecular weight excluding hydrogens is 353 g/mol. The molecule has 2 aliphatic heterocycles. The Kier molecular flexibility index (Phi) is 4.13. The molecule has 2 aromatic rings. The molecule has 1 aromatic heterocycles. The van der Waals surface area contributed by atoms with Gasteiger partial charge < -0.3 is 25.0 Å². The highest BCUT2D eigenvalue weighted by Crippen LogP contribution is 2.41. The summed E-state index contributed by atoms with van der Waals surface area (Å²) >= 11 is 0. The summed E-state index contributed by atoms with van der Waals surface area (Å²) in [6.07, 6.45) is -3.52. The van der Waals surface area contributed by atoms with Crippen molar-refractivity contribution in [1.29, 1.82) is 0 Å². The first-order valence-electron chi connectivity index (χ1n) is 8.18. The van der Waals surface area contributed by atoms with Gasteiger partial charge in [-0.3, -0.25) is 0 Å². The third-order valence-corrected chi connectivity index (χ3v) is 4.64. The highest BCUT2D eigenvalue weighted by molar-refractivity contribution is 5.38. The van der Waals surface area contributed by atoms with Gasteiger partial charge in [-0.2, -0.15) is 4.98 Å². The van der Waals surface area contributed by atoms with Crippen molar-refractivity contribution in [3.63, 3.8) is 0 Å². The van der Waals surface area contributed by atoms with Crippen LogP contribution in [0.15, 0.2) is 28.8 Å². The van der Waals surface area contributed by atoms with Gasteiger partial charge in [0.25, 0.3) is 5.89 Å². The van der Waals surface area contributed by atoms with Gasteiger partial charge in [-0.25, -0.2) is 0 Å². The summed E-state index contributed by atoms with van der Waals surface area (Å²) < 4.78 is 53.0. The van der Waals surface area contributed by atoms with Gasteiger partial charge in [0, 0.05) is 18.7 Å². The quantitative estimate of drug-likeness (QED) is 0.852. The smallest absolute Gasteiger partial charge is 0.405 e. The summed E-state index contributed by atoms with van der Waals surface area (Å²) in [5.41, 5.74) is 6.00. The second kappa shape index (κ2) is 6.22. The number of ether oxygens (including phenoxy) is 2. The number of alkyl halides is 3. The number of halogens is 3. The summed E-state index contributed by atoms with van der Waals surface area (Å²) in [5, 5.41) is 6.99. The van der Waals surface area contributed by atoms with E-state index in [4.69, 9.17) is 15.0 Å². The first kappa shape index (κ1) is 17.3. The zero-order valence-corrected chi connectivity index (χ0v) is 13.6. The second-order valence-electron chi connectivity index (χ2n) is 6.49. The lowest BCUT2D eigenvalue weighted by atomic mass is 9.93. The molecule has 0 amide bonds. The van der Waals surface area contributed by atoms with Gasteiger partial charge in [0.15, 0.2) is 5.82 Å². The van der Waals surface area contributed by atoms with E-state index < -0.39 is 18.2 Å². The molecule has 2 fully saturated rings. The number of rotatable bonds is 4. The predicted molar refractivity (Wildman–Crippen MR) is 82.1 cm³/mol. The number of para-hydroxylation sites is 1. The molecule has 10 heteroatoms. The minimum Gasteiger partial charge on any atom is -0.405 e. The molecule has 140 valence electrons. The lowest BCUT2D eigenvalue weighted by Crippen LogP contribution is -2.58. The molecule has 7 nitrogen and oxygen atoms in total. The topological polar surface area (TPSA) is 95.4 Å². The highest BCUT2D eigenvalue weighted by atomic mass is 19.4. The lowest BCUT2D eigenvalue weighted by Gasteiger charge is -2.38.